The lowest BCUT2D eigenvalue weighted by Gasteiger charge is -2.03. The predicted octanol–water partition coefficient (Wildman–Crippen LogP) is 9.04. The van der Waals surface area contributed by atoms with Gasteiger partial charge >= 0.3 is 0 Å². The predicted molar refractivity (Wildman–Crippen MR) is 130 cm³/mol. The number of epoxide rings is 1. The van der Waals surface area contributed by atoms with Gasteiger partial charge in [-0.15, -0.1) is 6.58 Å². The van der Waals surface area contributed by atoms with Gasteiger partial charge in [0.05, 0.1) is 11.7 Å². The van der Waals surface area contributed by atoms with Crippen LogP contribution in [0.1, 0.15) is 106 Å². The van der Waals surface area contributed by atoms with Gasteiger partial charge < -0.3 is 4.74 Å². The highest BCUT2D eigenvalue weighted by atomic mass is 16.6. The molecule has 1 atom stereocenters. The van der Waals surface area contributed by atoms with Crippen molar-refractivity contribution >= 4 is 0 Å². The van der Waals surface area contributed by atoms with Gasteiger partial charge in [-0.1, -0.05) is 52.7 Å². The number of hydrogen-bond donors (Lipinski definition) is 0. The van der Waals surface area contributed by atoms with Gasteiger partial charge in [0.25, 0.3) is 0 Å². The molecule has 0 saturated carbocycles. The molecule has 164 valence electrons. The summed E-state index contributed by atoms with van der Waals surface area (Å²) >= 11 is 0. The molecule has 0 radical (unpaired) electrons. The van der Waals surface area contributed by atoms with E-state index >= 15 is 0 Å². The molecule has 1 aliphatic heterocycles. The van der Waals surface area contributed by atoms with Crippen molar-refractivity contribution in [1.29, 1.82) is 0 Å². The first kappa shape index (κ1) is 25.7. The van der Waals surface area contributed by atoms with Gasteiger partial charge in [-0.3, -0.25) is 0 Å². The highest BCUT2D eigenvalue weighted by Gasteiger charge is 2.46. The Kier molecular flexibility index (Phi) is 12.2. The molecule has 0 aromatic carbocycles. The molecule has 29 heavy (non-hydrogen) atoms. The first-order valence-corrected chi connectivity index (χ1v) is 11.7. The van der Waals surface area contributed by atoms with Gasteiger partial charge in [-0.05, 0) is 106 Å². The molecular formula is C28H46O. The molecule has 0 aromatic heterocycles. The third-order valence-corrected chi connectivity index (χ3v) is 5.92. The largest absolute Gasteiger partial charge is 0.367 e. The fraction of sp³-hybridized carbons (Fsp3) is 0.643. The summed E-state index contributed by atoms with van der Waals surface area (Å²) in [4.78, 5) is 0. The van der Waals surface area contributed by atoms with E-state index in [1.807, 2.05) is 6.08 Å². The van der Waals surface area contributed by atoms with Gasteiger partial charge in [-0.25, -0.2) is 0 Å². The summed E-state index contributed by atoms with van der Waals surface area (Å²) in [6.45, 7) is 17.2. The molecule has 1 fully saturated rings. The SMILES string of the molecule is C/C(=C\CC/C(C)=C/CC/C=C(\C)CC/C=C(\C)CC[C@@H]1OC1(C)C)CCC=[13CH2]. The Bertz CT molecular complexity index is 612. The third kappa shape index (κ3) is 12.7. The first-order chi connectivity index (χ1) is 13.7. The third-order valence-electron chi connectivity index (χ3n) is 5.92. The summed E-state index contributed by atoms with van der Waals surface area (Å²) in [5.74, 6) is 0. The number of ether oxygens (including phenoxy) is 1. The fourth-order valence-electron chi connectivity index (χ4n) is 3.59. The van der Waals surface area contributed by atoms with Crippen molar-refractivity contribution in [1.82, 2.24) is 0 Å². The summed E-state index contributed by atoms with van der Waals surface area (Å²) < 4.78 is 5.67. The maximum atomic E-state index is 5.67. The van der Waals surface area contributed by atoms with Crippen molar-refractivity contribution in [2.45, 2.75) is 117 Å². The minimum absolute atomic E-state index is 0.132. The van der Waals surface area contributed by atoms with E-state index in [1.165, 1.54) is 48.0 Å². The Labute approximate surface area is 181 Å². The maximum absolute atomic E-state index is 5.67. The molecule has 0 amide bonds. The Morgan fingerprint density at radius 3 is 1.48 bits per heavy atom. The van der Waals surface area contributed by atoms with Crippen LogP contribution in [0, 0.1) is 0 Å². The lowest BCUT2D eigenvalue weighted by Crippen LogP contribution is -2.02. The van der Waals surface area contributed by atoms with Crippen LogP contribution >= 0.6 is 0 Å². The van der Waals surface area contributed by atoms with Crippen LogP contribution < -0.4 is 0 Å². The Balaban J connectivity index is 2.15. The molecule has 0 aromatic rings. The van der Waals surface area contributed by atoms with Crippen LogP contribution in [0.5, 0.6) is 0 Å². The molecule has 1 saturated heterocycles. The van der Waals surface area contributed by atoms with Gasteiger partial charge in [0.2, 0.25) is 0 Å². The zero-order chi connectivity index (χ0) is 21.7. The van der Waals surface area contributed by atoms with E-state index in [-0.39, 0.29) is 5.60 Å². The van der Waals surface area contributed by atoms with Gasteiger partial charge in [0.15, 0.2) is 0 Å². The van der Waals surface area contributed by atoms with E-state index in [1.54, 1.807) is 0 Å². The molecule has 1 heterocycles. The topological polar surface area (TPSA) is 12.5 Å². The second-order valence-electron chi connectivity index (χ2n) is 9.43. The summed E-state index contributed by atoms with van der Waals surface area (Å²) in [6.07, 6.45) is 23.7. The second-order valence-corrected chi connectivity index (χ2v) is 9.43. The van der Waals surface area contributed by atoms with E-state index in [4.69, 9.17) is 4.74 Å². The average Bonchev–Trinajstić information content (AvgIpc) is 3.28. The minimum atomic E-state index is 0.132. The summed E-state index contributed by atoms with van der Waals surface area (Å²) in [6, 6.07) is 0. The monoisotopic (exact) mass is 399 g/mol. The van der Waals surface area contributed by atoms with E-state index < -0.39 is 0 Å². The molecule has 1 heteroatoms. The highest BCUT2D eigenvalue weighted by Crippen LogP contribution is 2.38. The molecule has 1 aliphatic rings. The lowest BCUT2D eigenvalue weighted by atomic mass is 10.0. The number of allylic oxidation sites excluding steroid dienone is 9. The van der Waals surface area contributed by atoms with Crippen LogP contribution in [-0.2, 0) is 4.74 Å². The minimum Gasteiger partial charge on any atom is -0.367 e. The normalized spacial score (nSPS) is 20.1. The van der Waals surface area contributed by atoms with Crippen molar-refractivity contribution in [3.05, 3.63) is 59.3 Å². The highest BCUT2D eigenvalue weighted by molar-refractivity contribution is 5.07. The van der Waals surface area contributed by atoms with E-state index in [0.29, 0.717) is 6.10 Å². The molecule has 1 nitrogen and oxygen atoms in total. The van der Waals surface area contributed by atoms with Crippen LogP contribution in [-0.4, -0.2) is 11.7 Å². The molecule has 0 spiro atoms. The average molecular weight is 400 g/mol. The number of unbranched alkanes of at least 4 members (excludes halogenated alkanes) is 1. The first-order valence-electron chi connectivity index (χ1n) is 11.7. The van der Waals surface area contributed by atoms with Gasteiger partial charge in [0, 0.05) is 0 Å². The van der Waals surface area contributed by atoms with E-state index in [2.05, 4.69) is 72.4 Å². The fourth-order valence-corrected chi connectivity index (χ4v) is 3.59. The Morgan fingerprint density at radius 1 is 0.690 bits per heavy atom. The molecule has 0 bridgehead atoms. The van der Waals surface area contributed by atoms with Crippen LogP contribution in [0.25, 0.3) is 0 Å². The quantitative estimate of drug-likeness (QED) is 0.116. The van der Waals surface area contributed by atoms with E-state index in [9.17, 15) is 0 Å². The standard InChI is InChI=1S/C28H46O/c1-8-9-14-23(2)17-12-18-24(3)15-10-11-16-25(4)19-13-20-26(5)21-22-27-28(6,7)29-27/h8,15-17,20,27H,1,9-14,18-19,21-22H2,2-7H3/b23-17+,24-15+,25-16+,26-20+/t27-/m0/s1/i1+1. The lowest BCUT2D eigenvalue weighted by molar-refractivity contribution is 0.320. The summed E-state index contributed by atoms with van der Waals surface area (Å²) in [7, 11) is 0. The van der Waals surface area contributed by atoms with Crippen molar-refractivity contribution in [3.8, 4) is 0 Å². The zero-order valence-corrected chi connectivity index (χ0v) is 20.2. The molecule has 0 aliphatic carbocycles. The van der Waals surface area contributed by atoms with Crippen molar-refractivity contribution < 1.29 is 4.74 Å². The zero-order valence-electron chi connectivity index (χ0n) is 20.2. The smallest absolute Gasteiger partial charge is 0.0892 e. The summed E-state index contributed by atoms with van der Waals surface area (Å²) in [5, 5.41) is 0. The van der Waals surface area contributed by atoms with E-state index in [0.717, 1.165) is 38.5 Å². The maximum Gasteiger partial charge on any atom is 0.0892 e. The van der Waals surface area contributed by atoms with Crippen molar-refractivity contribution in [3.63, 3.8) is 0 Å². The van der Waals surface area contributed by atoms with Crippen LogP contribution in [0.2, 0.25) is 0 Å². The van der Waals surface area contributed by atoms with Gasteiger partial charge in [0.1, 0.15) is 0 Å². The van der Waals surface area contributed by atoms with Crippen molar-refractivity contribution in [2.24, 2.45) is 0 Å². The Morgan fingerprint density at radius 2 is 1.07 bits per heavy atom. The second kappa shape index (κ2) is 13.8. The van der Waals surface area contributed by atoms with Crippen molar-refractivity contribution in [2.75, 3.05) is 0 Å². The summed E-state index contributed by atoms with van der Waals surface area (Å²) in [5.41, 5.74) is 6.17. The van der Waals surface area contributed by atoms with Gasteiger partial charge in [-0.2, -0.15) is 0 Å². The molecular weight excluding hydrogens is 353 g/mol. The molecule has 0 N–H and O–H groups in total. The number of rotatable bonds is 15. The van der Waals surface area contributed by atoms with Crippen LogP contribution in [0.4, 0.5) is 0 Å². The van der Waals surface area contributed by atoms with Crippen LogP contribution in [0.15, 0.2) is 59.3 Å². The van der Waals surface area contributed by atoms with Crippen LogP contribution in [0.3, 0.4) is 0 Å². The molecule has 0 unspecified atom stereocenters. The Hall–Kier alpha value is -1.34. The molecule has 1 rings (SSSR count). The number of hydrogen-bond acceptors (Lipinski definition) is 1.